The number of hydrogen-bond acceptors (Lipinski definition) is 2. The third-order valence-electron chi connectivity index (χ3n) is 4.33. The lowest BCUT2D eigenvalue weighted by molar-refractivity contribution is 0.607. The number of nitrogens with zero attached hydrogens (tertiary/aromatic N) is 1. The molecule has 3 rings (SSSR count). The van der Waals surface area contributed by atoms with Crippen molar-refractivity contribution in [2.24, 2.45) is 16.6 Å². The summed E-state index contributed by atoms with van der Waals surface area (Å²) in [5.41, 5.74) is 12.3. The first-order valence-electron chi connectivity index (χ1n) is 7.56. The molecule has 1 heterocycles. The first-order chi connectivity index (χ1) is 10.2. The maximum Gasteiger partial charge on any atom is 0.0450 e. The van der Waals surface area contributed by atoms with Gasteiger partial charge in [-0.2, -0.15) is 0 Å². The number of fused-ring (bicyclic) bond motifs is 1. The highest BCUT2D eigenvalue weighted by Gasteiger charge is 2.35. The average Bonchev–Trinajstić information content (AvgIpc) is 2.85. The van der Waals surface area contributed by atoms with Gasteiger partial charge in [0.25, 0.3) is 0 Å². The van der Waals surface area contributed by atoms with Crippen LogP contribution in [0.4, 0.5) is 0 Å². The van der Waals surface area contributed by atoms with E-state index in [1.54, 1.807) is 0 Å². The van der Waals surface area contributed by atoms with Crippen molar-refractivity contribution in [3.63, 3.8) is 0 Å². The number of rotatable bonds is 3. The fourth-order valence-corrected chi connectivity index (χ4v) is 3.27. The van der Waals surface area contributed by atoms with Crippen molar-refractivity contribution < 1.29 is 0 Å². The smallest absolute Gasteiger partial charge is 0.0450 e. The van der Waals surface area contributed by atoms with Crippen LogP contribution in [-0.2, 0) is 0 Å². The van der Waals surface area contributed by atoms with Crippen LogP contribution >= 0.6 is 0 Å². The van der Waals surface area contributed by atoms with Gasteiger partial charge in [-0.05, 0) is 37.5 Å². The SMILES string of the molecule is CC1=CN=C2C=C(/C=C(/C)CN)C(c3ccccc3)C2C1. The largest absolute Gasteiger partial charge is 0.327 e. The minimum atomic E-state index is 0.398. The third kappa shape index (κ3) is 2.77. The Labute approximate surface area is 126 Å². The summed E-state index contributed by atoms with van der Waals surface area (Å²) in [6.45, 7) is 4.87. The molecular weight excluding hydrogens is 256 g/mol. The molecule has 1 aromatic carbocycles. The number of aliphatic imine (C=N–C) groups is 1. The zero-order valence-electron chi connectivity index (χ0n) is 12.7. The fraction of sp³-hybridized carbons (Fsp3) is 0.316. The van der Waals surface area contributed by atoms with Gasteiger partial charge in [0.05, 0.1) is 0 Å². The van der Waals surface area contributed by atoms with Gasteiger partial charge in [-0.1, -0.05) is 47.6 Å². The van der Waals surface area contributed by atoms with Gasteiger partial charge in [0, 0.05) is 30.3 Å². The molecule has 2 aliphatic rings. The topological polar surface area (TPSA) is 38.4 Å². The van der Waals surface area contributed by atoms with Crippen LogP contribution in [-0.4, -0.2) is 12.3 Å². The van der Waals surface area contributed by atoms with Crippen molar-refractivity contribution >= 4 is 5.71 Å². The monoisotopic (exact) mass is 278 g/mol. The van der Waals surface area contributed by atoms with Crippen LogP contribution in [0.15, 0.2) is 70.4 Å². The van der Waals surface area contributed by atoms with Gasteiger partial charge in [0.1, 0.15) is 0 Å². The van der Waals surface area contributed by atoms with Gasteiger partial charge < -0.3 is 5.73 Å². The molecule has 21 heavy (non-hydrogen) atoms. The molecule has 2 heteroatoms. The molecule has 108 valence electrons. The van der Waals surface area contributed by atoms with Crippen LogP contribution in [0.25, 0.3) is 0 Å². The molecule has 0 amide bonds. The summed E-state index contributed by atoms with van der Waals surface area (Å²) in [4.78, 5) is 4.65. The fourth-order valence-electron chi connectivity index (χ4n) is 3.27. The lowest BCUT2D eigenvalue weighted by Gasteiger charge is -2.25. The van der Waals surface area contributed by atoms with Crippen LogP contribution in [0.5, 0.6) is 0 Å². The Balaban J connectivity index is 2.04. The molecule has 0 saturated carbocycles. The van der Waals surface area contributed by atoms with E-state index in [4.69, 9.17) is 5.73 Å². The molecule has 0 spiro atoms. The predicted octanol–water partition coefficient (Wildman–Crippen LogP) is 3.98. The Bertz CT molecular complexity index is 647. The molecule has 2 nitrogen and oxygen atoms in total. The van der Waals surface area contributed by atoms with E-state index in [0.29, 0.717) is 18.4 Å². The van der Waals surface area contributed by atoms with E-state index in [2.05, 4.69) is 61.3 Å². The molecule has 2 N–H and O–H groups in total. The molecule has 0 aromatic heterocycles. The van der Waals surface area contributed by atoms with Crippen molar-refractivity contribution in [1.82, 2.24) is 0 Å². The van der Waals surface area contributed by atoms with Crippen molar-refractivity contribution in [1.29, 1.82) is 0 Å². The van der Waals surface area contributed by atoms with Crippen molar-refractivity contribution in [2.45, 2.75) is 26.2 Å². The summed E-state index contributed by atoms with van der Waals surface area (Å²) in [7, 11) is 0. The number of benzene rings is 1. The van der Waals surface area contributed by atoms with E-state index in [0.717, 1.165) is 6.42 Å². The molecule has 1 aliphatic heterocycles. The van der Waals surface area contributed by atoms with Crippen LogP contribution in [0, 0.1) is 5.92 Å². The summed E-state index contributed by atoms with van der Waals surface area (Å²) in [6, 6.07) is 10.8. The van der Waals surface area contributed by atoms with Crippen molar-refractivity contribution in [3.8, 4) is 0 Å². The standard InChI is InChI=1S/C19H22N2/c1-13(11-20)8-16-10-18-17(9-14(2)12-21-18)19(16)15-6-4-3-5-7-15/h3-8,10,12,17,19H,9,11,20H2,1-2H3/b13-8-. The van der Waals surface area contributed by atoms with Crippen LogP contribution < -0.4 is 5.73 Å². The maximum atomic E-state index is 5.77. The van der Waals surface area contributed by atoms with E-state index in [-0.39, 0.29) is 0 Å². The van der Waals surface area contributed by atoms with E-state index >= 15 is 0 Å². The normalized spacial score (nSPS) is 25.1. The van der Waals surface area contributed by atoms with Gasteiger partial charge in [0.15, 0.2) is 0 Å². The summed E-state index contributed by atoms with van der Waals surface area (Å²) in [5.74, 6) is 0.865. The molecule has 0 saturated heterocycles. The van der Waals surface area contributed by atoms with Gasteiger partial charge in [-0.3, -0.25) is 4.99 Å². The Morgan fingerprint density at radius 3 is 2.81 bits per heavy atom. The van der Waals surface area contributed by atoms with E-state index in [9.17, 15) is 0 Å². The Morgan fingerprint density at radius 2 is 2.10 bits per heavy atom. The second kappa shape index (κ2) is 5.82. The molecule has 1 aromatic rings. The second-order valence-corrected chi connectivity index (χ2v) is 6.07. The minimum Gasteiger partial charge on any atom is -0.327 e. The third-order valence-corrected chi connectivity index (χ3v) is 4.33. The molecule has 0 bridgehead atoms. The molecule has 0 radical (unpaired) electrons. The Hall–Kier alpha value is -1.93. The number of hydrogen-bond donors (Lipinski definition) is 1. The zero-order chi connectivity index (χ0) is 14.8. The summed E-state index contributed by atoms with van der Waals surface area (Å²) in [5, 5.41) is 0. The van der Waals surface area contributed by atoms with Gasteiger partial charge in [-0.25, -0.2) is 0 Å². The highest BCUT2D eigenvalue weighted by molar-refractivity contribution is 6.03. The van der Waals surface area contributed by atoms with Crippen molar-refractivity contribution in [2.75, 3.05) is 6.54 Å². The summed E-state index contributed by atoms with van der Waals surface area (Å²) < 4.78 is 0. The van der Waals surface area contributed by atoms with E-state index < -0.39 is 0 Å². The van der Waals surface area contributed by atoms with Crippen LogP contribution in [0.1, 0.15) is 31.7 Å². The quantitative estimate of drug-likeness (QED) is 0.892. The average molecular weight is 278 g/mol. The van der Waals surface area contributed by atoms with Gasteiger partial charge in [0.2, 0.25) is 0 Å². The highest BCUT2D eigenvalue weighted by atomic mass is 14.7. The van der Waals surface area contributed by atoms with E-state index in [1.165, 1.54) is 28.0 Å². The molecule has 1 aliphatic carbocycles. The second-order valence-electron chi connectivity index (χ2n) is 6.07. The Kier molecular flexibility index (Phi) is 3.89. The Morgan fingerprint density at radius 1 is 1.33 bits per heavy atom. The first kappa shape index (κ1) is 14.0. The molecular formula is C19H22N2. The lowest BCUT2D eigenvalue weighted by Crippen LogP contribution is -2.18. The lowest BCUT2D eigenvalue weighted by atomic mass is 9.80. The zero-order valence-corrected chi connectivity index (χ0v) is 12.7. The van der Waals surface area contributed by atoms with Gasteiger partial charge >= 0.3 is 0 Å². The molecule has 2 atom stereocenters. The predicted molar refractivity (Wildman–Crippen MR) is 89.4 cm³/mol. The van der Waals surface area contributed by atoms with Crippen LogP contribution in [0.2, 0.25) is 0 Å². The first-order valence-corrected chi connectivity index (χ1v) is 7.56. The van der Waals surface area contributed by atoms with Gasteiger partial charge in [-0.15, -0.1) is 0 Å². The summed E-state index contributed by atoms with van der Waals surface area (Å²) >= 11 is 0. The summed E-state index contributed by atoms with van der Waals surface area (Å²) in [6.07, 6.45) is 7.60. The van der Waals surface area contributed by atoms with Crippen LogP contribution in [0.3, 0.4) is 0 Å². The minimum absolute atomic E-state index is 0.398. The van der Waals surface area contributed by atoms with Crippen molar-refractivity contribution in [3.05, 3.63) is 71.0 Å². The number of allylic oxidation sites excluding steroid dienone is 4. The molecule has 0 fully saturated rings. The maximum absolute atomic E-state index is 5.77. The number of nitrogens with two attached hydrogens (primary N) is 1. The van der Waals surface area contributed by atoms with E-state index in [1.807, 2.05) is 6.20 Å². The highest BCUT2D eigenvalue weighted by Crippen LogP contribution is 2.44. The molecule has 2 unspecified atom stereocenters.